The molecule has 0 amide bonds. The predicted octanol–water partition coefficient (Wildman–Crippen LogP) is 0.0657. The van der Waals surface area contributed by atoms with Crippen molar-refractivity contribution in [1.29, 1.82) is 0 Å². The third-order valence-corrected chi connectivity index (χ3v) is 4.00. The Morgan fingerprint density at radius 2 is 1.00 bits per heavy atom. The van der Waals surface area contributed by atoms with E-state index in [-0.39, 0.29) is 0 Å². The van der Waals surface area contributed by atoms with E-state index in [1.807, 2.05) is 0 Å². The Morgan fingerprint density at radius 1 is 0.636 bits per heavy atom. The summed E-state index contributed by atoms with van der Waals surface area (Å²) in [5.41, 5.74) is 0. The molecule has 3 saturated heterocycles. The smallest absolute Gasteiger partial charge is 0.116 e. The molecule has 1 aliphatic carbocycles. The molecule has 3 nitrogen and oxygen atoms in total. The fraction of sp³-hybridized carbons (Fsp3) is 1.00. The van der Waals surface area contributed by atoms with Crippen molar-refractivity contribution in [1.82, 2.24) is 0 Å². The number of hydrogen-bond donors (Lipinski definition) is 0. The Balaban J connectivity index is 1.72. The number of halogens is 1. The highest BCUT2D eigenvalue weighted by Crippen LogP contribution is 2.55. The molecule has 1 saturated carbocycles. The summed E-state index contributed by atoms with van der Waals surface area (Å²) < 4.78 is 16.4. The molecule has 3 aliphatic heterocycles. The summed E-state index contributed by atoms with van der Waals surface area (Å²) in [4.78, 5) is 0.411. The molecule has 0 spiro atoms. The van der Waals surface area contributed by atoms with Gasteiger partial charge in [0.2, 0.25) is 0 Å². The SMILES string of the molecule is BrC1C2OC2C2OC2C2OC12. The van der Waals surface area contributed by atoms with Crippen molar-refractivity contribution < 1.29 is 14.2 Å². The van der Waals surface area contributed by atoms with E-state index in [1.165, 1.54) is 0 Å². The fourth-order valence-corrected chi connectivity index (χ4v) is 3.02. The maximum Gasteiger partial charge on any atom is 0.116 e. The molecule has 6 unspecified atom stereocenters. The van der Waals surface area contributed by atoms with Gasteiger partial charge in [-0.1, -0.05) is 15.9 Å². The highest BCUT2D eigenvalue weighted by Gasteiger charge is 2.73. The van der Waals surface area contributed by atoms with Crippen LogP contribution >= 0.6 is 15.9 Å². The van der Waals surface area contributed by atoms with Crippen LogP contribution in [0, 0.1) is 0 Å². The van der Waals surface area contributed by atoms with Gasteiger partial charge in [-0.15, -0.1) is 0 Å². The maximum absolute atomic E-state index is 5.47. The molecule has 0 bridgehead atoms. The van der Waals surface area contributed by atoms with Gasteiger partial charge in [0.05, 0.1) is 4.83 Å². The van der Waals surface area contributed by atoms with Gasteiger partial charge < -0.3 is 14.2 Å². The van der Waals surface area contributed by atoms with Crippen molar-refractivity contribution >= 4 is 15.9 Å². The molecule has 0 aromatic rings. The van der Waals surface area contributed by atoms with Gasteiger partial charge in [-0.2, -0.15) is 0 Å². The number of alkyl halides is 1. The van der Waals surface area contributed by atoms with Crippen LogP contribution in [-0.2, 0) is 14.2 Å². The normalized spacial score (nSPS) is 75.5. The van der Waals surface area contributed by atoms with E-state index >= 15 is 0 Å². The maximum atomic E-state index is 5.47. The van der Waals surface area contributed by atoms with Gasteiger partial charge in [0.25, 0.3) is 0 Å². The average molecular weight is 219 g/mol. The van der Waals surface area contributed by atoms with Crippen LogP contribution in [0.3, 0.4) is 0 Å². The van der Waals surface area contributed by atoms with Gasteiger partial charge in [0.15, 0.2) is 0 Å². The van der Waals surface area contributed by atoms with Crippen LogP contribution in [0.2, 0.25) is 0 Å². The Kier molecular flexibility index (Phi) is 0.822. The summed E-state index contributed by atoms with van der Waals surface area (Å²) in [6.07, 6.45) is 2.20. The molecule has 60 valence electrons. The van der Waals surface area contributed by atoms with Crippen LogP contribution in [-0.4, -0.2) is 41.5 Å². The zero-order chi connectivity index (χ0) is 7.16. The lowest BCUT2D eigenvalue weighted by atomic mass is 10.2. The molecular formula is C7H7BrO3. The quantitative estimate of drug-likeness (QED) is 0.427. The zero-order valence-electron chi connectivity index (χ0n) is 5.64. The van der Waals surface area contributed by atoms with Crippen molar-refractivity contribution in [2.45, 2.75) is 41.5 Å². The van der Waals surface area contributed by atoms with Crippen LogP contribution in [0.1, 0.15) is 0 Å². The molecule has 6 atom stereocenters. The predicted molar refractivity (Wildman–Crippen MR) is 38.7 cm³/mol. The third kappa shape index (κ3) is 0.613. The first-order chi connectivity index (χ1) is 5.36. The second-order valence-corrected chi connectivity index (χ2v) is 4.70. The zero-order valence-corrected chi connectivity index (χ0v) is 7.23. The number of hydrogen-bond acceptors (Lipinski definition) is 3. The van der Waals surface area contributed by atoms with E-state index < -0.39 is 0 Å². The van der Waals surface area contributed by atoms with Crippen LogP contribution in [0.4, 0.5) is 0 Å². The molecular weight excluding hydrogens is 212 g/mol. The molecule has 0 aromatic carbocycles. The van der Waals surface area contributed by atoms with Crippen molar-refractivity contribution in [2.75, 3.05) is 0 Å². The number of fused-ring (bicyclic) bond motifs is 5. The minimum atomic E-state index is 0.359. The highest BCUT2D eigenvalue weighted by atomic mass is 79.9. The van der Waals surface area contributed by atoms with Crippen LogP contribution in [0.15, 0.2) is 0 Å². The standard InChI is InChI=1S/C7H7BrO3/c8-1-2-4(9-2)6-7(11-6)5-3(1)10-5/h1-7H. The second-order valence-electron chi connectivity index (χ2n) is 3.64. The monoisotopic (exact) mass is 218 g/mol. The first-order valence-corrected chi connectivity index (χ1v) is 4.88. The van der Waals surface area contributed by atoms with E-state index in [2.05, 4.69) is 15.9 Å². The molecule has 4 fully saturated rings. The van der Waals surface area contributed by atoms with Crippen LogP contribution in [0.25, 0.3) is 0 Å². The molecule has 3 heterocycles. The minimum Gasteiger partial charge on any atom is -0.365 e. The second kappa shape index (κ2) is 1.53. The van der Waals surface area contributed by atoms with Gasteiger partial charge in [-0.05, 0) is 0 Å². The first kappa shape index (κ1) is 5.91. The van der Waals surface area contributed by atoms with Crippen molar-refractivity contribution in [3.63, 3.8) is 0 Å². The third-order valence-electron chi connectivity index (χ3n) is 2.96. The molecule has 4 rings (SSSR count). The van der Waals surface area contributed by atoms with E-state index in [9.17, 15) is 0 Å². The molecule has 11 heavy (non-hydrogen) atoms. The van der Waals surface area contributed by atoms with Crippen LogP contribution < -0.4 is 0 Å². The van der Waals surface area contributed by atoms with E-state index in [4.69, 9.17) is 14.2 Å². The highest BCUT2D eigenvalue weighted by molar-refractivity contribution is 9.09. The number of epoxide rings is 3. The lowest BCUT2D eigenvalue weighted by molar-refractivity contribution is 0.281. The summed E-state index contributed by atoms with van der Waals surface area (Å²) in [6, 6.07) is 0. The van der Waals surface area contributed by atoms with Crippen molar-refractivity contribution in [3.05, 3.63) is 0 Å². The molecule has 0 aromatic heterocycles. The van der Waals surface area contributed by atoms with Gasteiger partial charge in [0.1, 0.15) is 36.6 Å². The van der Waals surface area contributed by atoms with Crippen molar-refractivity contribution in [2.24, 2.45) is 0 Å². The van der Waals surface area contributed by atoms with Gasteiger partial charge in [-0.3, -0.25) is 0 Å². The number of rotatable bonds is 0. The van der Waals surface area contributed by atoms with Crippen LogP contribution in [0.5, 0.6) is 0 Å². The van der Waals surface area contributed by atoms with Gasteiger partial charge in [0, 0.05) is 0 Å². The lowest BCUT2D eigenvalue weighted by Gasteiger charge is -1.98. The Bertz CT molecular complexity index is 208. The lowest BCUT2D eigenvalue weighted by Crippen LogP contribution is -2.17. The largest absolute Gasteiger partial charge is 0.365 e. The Morgan fingerprint density at radius 3 is 1.55 bits per heavy atom. The molecule has 0 radical (unpaired) electrons. The van der Waals surface area contributed by atoms with Crippen molar-refractivity contribution in [3.8, 4) is 0 Å². The molecule has 4 aliphatic rings. The summed E-state index contributed by atoms with van der Waals surface area (Å²) >= 11 is 3.59. The van der Waals surface area contributed by atoms with E-state index in [0.29, 0.717) is 41.5 Å². The first-order valence-electron chi connectivity index (χ1n) is 3.97. The summed E-state index contributed by atoms with van der Waals surface area (Å²) in [7, 11) is 0. The average Bonchev–Trinajstić information content (AvgIpc) is 2.81. The molecule has 4 heteroatoms. The molecule has 0 N–H and O–H groups in total. The van der Waals surface area contributed by atoms with E-state index in [1.54, 1.807) is 0 Å². The van der Waals surface area contributed by atoms with Gasteiger partial charge in [-0.25, -0.2) is 0 Å². The fourth-order valence-electron chi connectivity index (χ4n) is 2.17. The van der Waals surface area contributed by atoms with E-state index in [0.717, 1.165) is 0 Å². The summed E-state index contributed by atoms with van der Waals surface area (Å²) in [5, 5.41) is 0. The number of ether oxygens (including phenoxy) is 3. The minimum absolute atomic E-state index is 0.359. The van der Waals surface area contributed by atoms with Gasteiger partial charge >= 0.3 is 0 Å². The summed E-state index contributed by atoms with van der Waals surface area (Å²) in [5.74, 6) is 0. The Hall–Kier alpha value is 0.360. The topological polar surface area (TPSA) is 37.6 Å². The summed E-state index contributed by atoms with van der Waals surface area (Å²) in [6.45, 7) is 0. The Labute approximate surface area is 72.1 Å².